The largest absolute Gasteiger partial charge is 0.507 e. The van der Waals surface area contributed by atoms with Crippen LogP contribution in [0.25, 0.3) is 22.3 Å². The molecule has 0 saturated heterocycles. The van der Waals surface area contributed by atoms with Gasteiger partial charge in [0, 0.05) is 11.6 Å². The smallest absolute Gasteiger partial charge is 0.238 e. The van der Waals surface area contributed by atoms with E-state index in [1.165, 1.54) is 20.3 Å². The number of ether oxygens (including phenoxy) is 4. The Morgan fingerprint density at radius 3 is 2.54 bits per heavy atom. The van der Waals surface area contributed by atoms with Crippen LogP contribution >= 0.6 is 0 Å². The van der Waals surface area contributed by atoms with E-state index in [0.29, 0.717) is 17.1 Å². The predicted octanol–water partition coefficient (Wildman–Crippen LogP) is 2.62. The summed E-state index contributed by atoms with van der Waals surface area (Å²) in [4.78, 5) is 12.6. The second kappa shape index (κ2) is 5.76. The Kier molecular flexibility index (Phi) is 3.54. The molecular weight excluding hydrogens is 344 g/mol. The van der Waals surface area contributed by atoms with E-state index in [9.17, 15) is 15.0 Å². The molecule has 0 amide bonds. The van der Waals surface area contributed by atoms with Crippen LogP contribution in [-0.2, 0) is 0 Å². The van der Waals surface area contributed by atoms with Crippen molar-refractivity contribution < 1.29 is 33.6 Å². The van der Waals surface area contributed by atoms with Gasteiger partial charge in [-0.25, -0.2) is 0 Å². The summed E-state index contributed by atoms with van der Waals surface area (Å²) in [6, 6.07) is 6.06. The average Bonchev–Trinajstić information content (AvgIpc) is 3.11. The molecule has 26 heavy (non-hydrogen) atoms. The number of hydrogen-bond acceptors (Lipinski definition) is 8. The third-order valence-electron chi connectivity index (χ3n) is 4.10. The molecule has 1 aliphatic rings. The fourth-order valence-electron chi connectivity index (χ4n) is 2.87. The Morgan fingerprint density at radius 2 is 1.81 bits per heavy atom. The normalized spacial score (nSPS) is 12.4. The molecule has 3 aromatic rings. The van der Waals surface area contributed by atoms with Gasteiger partial charge in [-0.2, -0.15) is 0 Å². The molecule has 8 heteroatoms. The highest BCUT2D eigenvalue weighted by molar-refractivity contribution is 5.93. The van der Waals surface area contributed by atoms with Crippen LogP contribution in [-0.4, -0.2) is 31.2 Å². The molecule has 4 rings (SSSR count). The summed E-state index contributed by atoms with van der Waals surface area (Å²) < 4.78 is 26.7. The quantitative estimate of drug-likeness (QED) is 0.736. The van der Waals surface area contributed by atoms with Gasteiger partial charge in [-0.05, 0) is 18.2 Å². The molecule has 8 nitrogen and oxygen atoms in total. The van der Waals surface area contributed by atoms with Gasteiger partial charge in [0.1, 0.15) is 11.1 Å². The van der Waals surface area contributed by atoms with Crippen molar-refractivity contribution in [3.05, 3.63) is 34.5 Å². The van der Waals surface area contributed by atoms with Gasteiger partial charge in [-0.1, -0.05) is 0 Å². The lowest BCUT2D eigenvalue weighted by molar-refractivity contribution is 0.174. The lowest BCUT2D eigenvalue weighted by atomic mass is 10.1. The summed E-state index contributed by atoms with van der Waals surface area (Å²) in [5.74, 6) is 0.199. The van der Waals surface area contributed by atoms with E-state index in [1.807, 2.05) is 0 Å². The Morgan fingerprint density at radius 1 is 1.04 bits per heavy atom. The van der Waals surface area contributed by atoms with Crippen LogP contribution in [0.4, 0.5) is 0 Å². The van der Waals surface area contributed by atoms with Crippen LogP contribution in [0.1, 0.15) is 0 Å². The van der Waals surface area contributed by atoms with Gasteiger partial charge in [0.25, 0.3) is 0 Å². The number of hydrogen-bond donors (Lipinski definition) is 2. The predicted molar refractivity (Wildman–Crippen MR) is 90.5 cm³/mol. The highest BCUT2D eigenvalue weighted by Crippen LogP contribution is 2.44. The average molecular weight is 358 g/mol. The number of rotatable bonds is 3. The van der Waals surface area contributed by atoms with Crippen molar-refractivity contribution in [2.45, 2.75) is 0 Å². The summed E-state index contributed by atoms with van der Waals surface area (Å²) in [7, 11) is 2.77. The topological polar surface area (TPSA) is 108 Å². The molecular formula is C18H14O8. The van der Waals surface area contributed by atoms with E-state index in [2.05, 4.69) is 0 Å². The van der Waals surface area contributed by atoms with Crippen LogP contribution in [0, 0.1) is 0 Å². The van der Waals surface area contributed by atoms with Gasteiger partial charge in [0.05, 0.1) is 14.2 Å². The van der Waals surface area contributed by atoms with Gasteiger partial charge in [0.2, 0.25) is 23.7 Å². The maximum absolute atomic E-state index is 12.6. The third-order valence-corrected chi connectivity index (χ3v) is 4.10. The molecule has 0 bridgehead atoms. The van der Waals surface area contributed by atoms with E-state index in [0.717, 1.165) is 0 Å². The first-order valence-electron chi connectivity index (χ1n) is 7.59. The fraction of sp³-hybridized carbons (Fsp3) is 0.167. The Hall–Kier alpha value is -3.55. The maximum atomic E-state index is 12.6. The maximum Gasteiger partial charge on any atom is 0.238 e. The van der Waals surface area contributed by atoms with Crippen molar-refractivity contribution in [1.82, 2.24) is 0 Å². The molecule has 0 saturated carbocycles. The van der Waals surface area contributed by atoms with Crippen LogP contribution < -0.4 is 24.4 Å². The SMILES string of the molecule is COc1cc(O)c2c(=O)c(O)c(-c3ccc4c(c3)OCO4)oc2c1OC. The molecule has 0 spiro atoms. The number of aromatic hydroxyl groups is 2. The first-order chi connectivity index (χ1) is 12.5. The molecule has 2 heterocycles. The van der Waals surface area contributed by atoms with Crippen molar-refractivity contribution in [3.63, 3.8) is 0 Å². The Balaban J connectivity index is 2.05. The van der Waals surface area contributed by atoms with Gasteiger partial charge in [-0.3, -0.25) is 4.79 Å². The van der Waals surface area contributed by atoms with E-state index in [-0.39, 0.29) is 40.8 Å². The molecule has 2 aromatic carbocycles. The van der Waals surface area contributed by atoms with Crippen molar-refractivity contribution >= 4 is 11.0 Å². The number of phenolic OH excluding ortho intramolecular Hbond substituents is 1. The van der Waals surface area contributed by atoms with Crippen LogP contribution in [0.3, 0.4) is 0 Å². The monoisotopic (exact) mass is 358 g/mol. The lowest BCUT2D eigenvalue weighted by Crippen LogP contribution is -2.05. The minimum atomic E-state index is -0.794. The Labute approximate surface area is 146 Å². The zero-order valence-corrected chi connectivity index (χ0v) is 13.9. The van der Waals surface area contributed by atoms with Crippen LogP contribution in [0.2, 0.25) is 0 Å². The fourth-order valence-corrected chi connectivity index (χ4v) is 2.87. The molecule has 2 N–H and O–H groups in total. The molecule has 0 radical (unpaired) electrons. The molecule has 134 valence electrons. The molecule has 0 aliphatic carbocycles. The van der Waals surface area contributed by atoms with Crippen molar-refractivity contribution in [2.24, 2.45) is 0 Å². The zero-order chi connectivity index (χ0) is 18.4. The molecule has 0 atom stereocenters. The number of phenols is 1. The summed E-state index contributed by atoms with van der Waals surface area (Å²) in [6.45, 7) is 0.0886. The van der Waals surface area contributed by atoms with Crippen molar-refractivity contribution in [1.29, 1.82) is 0 Å². The molecule has 0 unspecified atom stereocenters. The zero-order valence-electron chi connectivity index (χ0n) is 13.9. The number of benzene rings is 2. The summed E-state index contributed by atoms with van der Waals surface area (Å²) in [6.07, 6.45) is 0. The number of methoxy groups -OCH3 is 2. The first kappa shape index (κ1) is 15.9. The third kappa shape index (κ3) is 2.19. The second-order valence-electron chi connectivity index (χ2n) is 5.51. The van der Waals surface area contributed by atoms with Crippen molar-refractivity contribution in [2.75, 3.05) is 21.0 Å². The van der Waals surface area contributed by atoms with Gasteiger partial charge in [0.15, 0.2) is 28.6 Å². The standard InChI is InChI=1S/C18H14O8/c1-22-12-6-9(19)13-14(20)15(21)16(26-18(13)17(12)23-2)8-3-4-10-11(5-8)25-7-24-10/h3-6,19,21H,7H2,1-2H3. The minimum Gasteiger partial charge on any atom is -0.507 e. The first-order valence-corrected chi connectivity index (χ1v) is 7.59. The highest BCUT2D eigenvalue weighted by atomic mass is 16.7. The molecule has 1 aliphatic heterocycles. The Bertz CT molecular complexity index is 1080. The van der Waals surface area contributed by atoms with Gasteiger partial charge < -0.3 is 33.6 Å². The molecule has 1 aromatic heterocycles. The van der Waals surface area contributed by atoms with E-state index < -0.39 is 11.2 Å². The molecule has 0 fully saturated rings. The van der Waals surface area contributed by atoms with Crippen molar-refractivity contribution in [3.8, 4) is 45.8 Å². The number of fused-ring (bicyclic) bond motifs is 2. The van der Waals surface area contributed by atoms with E-state index in [4.69, 9.17) is 23.4 Å². The van der Waals surface area contributed by atoms with E-state index >= 15 is 0 Å². The summed E-state index contributed by atoms with van der Waals surface area (Å²) in [5.41, 5.74) is -0.438. The van der Waals surface area contributed by atoms with Gasteiger partial charge >= 0.3 is 0 Å². The van der Waals surface area contributed by atoms with Gasteiger partial charge in [-0.15, -0.1) is 0 Å². The second-order valence-corrected chi connectivity index (χ2v) is 5.51. The summed E-state index contributed by atoms with van der Waals surface area (Å²) in [5, 5.41) is 20.3. The summed E-state index contributed by atoms with van der Waals surface area (Å²) >= 11 is 0. The van der Waals surface area contributed by atoms with Crippen LogP contribution in [0.5, 0.6) is 34.5 Å². The minimum absolute atomic E-state index is 0.0418. The highest BCUT2D eigenvalue weighted by Gasteiger charge is 2.24. The van der Waals surface area contributed by atoms with Crippen LogP contribution in [0.15, 0.2) is 33.5 Å². The van der Waals surface area contributed by atoms with E-state index in [1.54, 1.807) is 18.2 Å². The lowest BCUT2D eigenvalue weighted by Gasteiger charge is -2.13.